The Morgan fingerprint density at radius 2 is 1.45 bits per heavy atom. The molecule has 6 nitrogen and oxygen atoms in total. The first-order valence-corrected chi connectivity index (χ1v) is 11.9. The molecule has 1 aromatic rings. The highest BCUT2D eigenvalue weighted by atomic mass is 16.6. The average molecular weight is 431 g/mol. The Morgan fingerprint density at radius 1 is 0.903 bits per heavy atom. The zero-order chi connectivity index (χ0) is 22.1. The van der Waals surface area contributed by atoms with Crippen LogP contribution in [0.3, 0.4) is 0 Å². The van der Waals surface area contributed by atoms with Gasteiger partial charge in [-0.15, -0.1) is 0 Å². The number of hydrogen-bond donors (Lipinski definition) is 0. The molecular formula is C25H38N2O4. The number of benzene rings is 1. The quantitative estimate of drug-likeness (QED) is 0.593. The van der Waals surface area contributed by atoms with Crippen LogP contribution >= 0.6 is 0 Å². The highest BCUT2D eigenvalue weighted by molar-refractivity contribution is 5.68. The van der Waals surface area contributed by atoms with Gasteiger partial charge in [-0.3, -0.25) is 0 Å². The summed E-state index contributed by atoms with van der Waals surface area (Å²) in [5, 5.41) is 0. The van der Waals surface area contributed by atoms with Gasteiger partial charge in [0.1, 0.15) is 6.61 Å². The number of piperidine rings is 2. The number of hydrogen-bond acceptors (Lipinski definition) is 4. The number of methoxy groups -OCH3 is 1. The zero-order valence-corrected chi connectivity index (χ0v) is 19.2. The third-order valence-electron chi connectivity index (χ3n) is 6.91. The van der Waals surface area contributed by atoms with Crippen LogP contribution < -0.4 is 0 Å². The number of likely N-dealkylation sites (tertiary alicyclic amines) is 2. The Bertz CT molecular complexity index is 707. The van der Waals surface area contributed by atoms with E-state index in [0.717, 1.165) is 69.8 Å². The number of ether oxygens (including phenoxy) is 2. The monoisotopic (exact) mass is 430 g/mol. The van der Waals surface area contributed by atoms with E-state index in [2.05, 4.69) is 19.1 Å². The van der Waals surface area contributed by atoms with E-state index in [0.29, 0.717) is 12.5 Å². The molecule has 0 saturated carbocycles. The topological polar surface area (TPSA) is 59.1 Å². The Morgan fingerprint density at radius 3 is 2.00 bits per heavy atom. The van der Waals surface area contributed by atoms with Gasteiger partial charge < -0.3 is 19.3 Å². The van der Waals surface area contributed by atoms with Crippen molar-refractivity contribution < 1.29 is 19.1 Å². The number of amides is 2. The van der Waals surface area contributed by atoms with Crippen molar-refractivity contribution >= 4 is 12.2 Å². The van der Waals surface area contributed by atoms with Crippen LogP contribution in [0.1, 0.15) is 63.0 Å². The third-order valence-corrected chi connectivity index (χ3v) is 6.91. The fraction of sp³-hybridized carbons (Fsp3) is 0.680. The maximum absolute atomic E-state index is 12.4. The standard InChI is InChI=1S/C25H38N2O4/c1-3-20-6-4-9-23(18-20)19-31-25(29)27-16-12-22(13-17-27)8-5-7-21-10-14-26(15-11-21)24(28)30-2/h4,6,9,18,21-22H,3,5,7-8,10-17,19H2,1-2H3. The number of carbonyl (C=O) groups is 2. The zero-order valence-electron chi connectivity index (χ0n) is 19.2. The minimum absolute atomic E-state index is 0.183. The lowest BCUT2D eigenvalue weighted by Crippen LogP contribution is -2.39. The molecule has 2 amide bonds. The summed E-state index contributed by atoms with van der Waals surface area (Å²) >= 11 is 0. The molecule has 6 heteroatoms. The van der Waals surface area contributed by atoms with E-state index < -0.39 is 0 Å². The second-order valence-electron chi connectivity index (χ2n) is 8.99. The summed E-state index contributed by atoms with van der Waals surface area (Å²) in [5.41, 5.74) is 2.32. The van der Waals surface area contributed by atoms with Crippen molar-refractivity contribution in [1.82, 2.24) is 9.80 Å². The summed E-state index contributed by atoms with van der Waals surface area (Å²) in [7, 11) is 1.45. The molecule has 0 spiro atoms. The Hall–Kier alpha value is -2.24. The number of rotatable bonds is 7. The second kappa shape index (κ2) is 12.0. The largest absolute Gasteiger partial charge is 0.453 e. The van der Waals surface area contributed by atoms with Gasteiger partial charge in [-0.1, -0.05) is 50.5 Å². The summed E-state index contributed by atoms with van der Waals surface area (Å²) < 4.78 is 10.4. The first-order chi connectivity index (χ1) is 15.1. The van der Waals surface area contributed by atoms with Crippen molar-refractivity contribution in [3.8, 4) is 0 Å². The van der Waals surface area contributed by atoms with Crippen molar-refractivity contribution in [3.63, 3.8) is 0 Å². The van der Waals surface area contributed by atoms with Crippen LogP contribution in [0.15, 0.2) is 24.3 Å². The molecule has 2 aliphatic heterocycles. The van der Waals surface area contributed by atoms with Crippen molar-refractivity contribution in [3.05, 3.63) is 35.4 Å². The van der Waals surface area contributed by atoms with Crippen molar-refractivity contribution in [2.24, 2.45) is 11.8 Å². The maximum atomic E-state index is 12.4. The molecule has 0 atom stereocenters. The number of carbonyl (C=O) groups excluding carboxylic acids is 2. The van der Waals surface area contributed by atoms with Crippen LogP contribution in [0.2, 0.25) is 0 Å². The molecule has 0 N–H and O–H groups in total. The SMILES string of the molecule is CCc1cccc(COC(=O)N2CCC(CCCC3CCN(C(=O)OC)CC3)CC2)c1. The summed E-state index contributed by atoms with van der Waals surface area (Å²) in [6.07, 6.45) is 8.64. The molecule has 31 heavy (non-hydrogen) atoms. The van der Waals surface area contributed by atoms with E-state index in [1.54, 1.807) is 0 Å². The minimum atomic E-state index is -0.196. The van der Waals surface area contributed by atoms with Crippen LogP contribution in [0.25, 0.3) is 0 Å². The number of nitrogens with zero attached hydrogens (tertiary/aromatic N) is 2. The predicted molar refractivity (Wildman–Crippen MR) is 121 cm³/mol. The summed E-state index contributed by atoms with van der Waals surface area (Å²) in [5.74, 6) is 1.43. The smallest absolute Gasteiger partial charge is 0.410 e. The molecule has 2 aliphatic rings. The van der Waals surface area contributed by atoms with E-state index in [4.69, 9.17) is 9.47 Å². The molecule has 3 rings (SSSR count). The molecule has 0 aromatic heterocycles. The van der Waals surface area contributed by atoms with Crippen molar-refractivity contribution in [2.75, 3.05) is 33.3 Å². The van der Waals surface area contributed by atoms with E-state index in [9.17, 15) is 9.59 Å². The Balaban J connectivity index is 1.28. The van der Waals surface area contributed by atoms with Crippen LogP contribution in [-0.4, -0.2) is 55.3 Å². The van der Waals surface area contributed by atoms with Crippen LogP contribution in [0.4, 0.5) is 9.59 Å². The van der Waals surface area contributed by atoms with E-state index in [1.165, 1.54) is 31.9 Å². The molecule has 2 saturated heterocycles. The first-order valence-electron chi connectivity index (χ1n) is 11.9. The molecule has 0 bridgehead atoms. The highest BCUT2D eigenvalue weighted by Crippen LogP contribution is 2.27. The van der Waals surface area contributed by atoms with Gasteiger partial charge in [-0.2, -0.15) is 0 Å². The van der Waals surface area contributed by atoms with Crippen molar-refractivity contribution in [2.45, 2.75) is 64.9 Å². The van der Waals surface area contributed by atoms with Gasteiger partial charge in [0.15, 0.2) is 0 Å². The summed E-state index contributed by atoms with van der Waals surface area (Å²) in [6, 6.07) is 8.24. The Labute approximate surface area is 186 Å². The van der Waals surface area contributed by atoms with Gasteiger partial charge >= 0.3 is 12.2 Å². The van der Waals surface area contributed by atoms with Gasteiger partial charge in [-0.25, -0.2) is 9.59 Å². The van der Waals surface area contributed by atoms with Crippen LogP contribution in [-0.2, 0) is 22.5 Å². The maximum Gasteiger partial charge on any atom is 0.410 e. The normalized spacial score (nSPS) is 18.1. The molecule has 2 heterocycles. The summed E-state index contributed by atoms with van der Waals surface area (Å²) in [4.78, 5) is 27.7. The van der Waals surface area contributed by atoms with Gasteiger partial charge in [0.2, 0.25) is 0 Å². The second-order valence-corrected chi connectivity index (χ2v) is 8.99. The average Bonchev–Trinajstić information content (AvgIpc) is 2.83. The lowest BCUT2D eigenvalue weighted by Gasteiger charge is -2.33. The highest BCUT2D eigenvalue weighted by Gasteiger charge is 2.25. The molecule has 1 aromatic carbocycles. The Kier molecular flexibility index (Phi) is 9.04. The number of aryl methyl sites for hydroxylation is 1. The van der Waals surface area contributed by atoms with Gasteiger partial charge in [-0.05, 0) is 55.1 Å². The summed E-state index contributed by atoms with van der Waals surface area (Å²) in [6.45, 7) is 5.72. The first kappa shape index (κ1) is 23.4. The predicted octanol–water partition coefficient (Wildman–Crippen LogP) is 5.25. The molecule has 0 unspecified atom stereocenters. The van der Waals surface area contributed by atoms with E-state index in [-0.39, 0.29) is 12.2 Å². The molecule has 2 fully saturated rings. The molecule has 0 radical (unpaired) electrons. The van der Waals surface area contributed by atoms with E-state index in [1.807, 2.05) is 21.9 Å². The lowest BCUT2D eigenvalue weighted by molar-refractivity contribution is 0.0809. The fourth-order valence-electron chi connectivity index (χ4n) is 4.81. The van der Waals surface area contributed by atoms with Crippen molar-refractivity contribution in [1.29, 1.82) is 0 Å². The molecular weight excluding hydrogens is 392 g/mol. The minimum Gasteiger partial charge on any atom is -0.453 e. The van der Waals surface area contributed by atoms with E-state index >= 15 is 0 Å². The van der Waals surface area contributed by atoms with Crippen LogP contribution in [0, 0.1) is 11.8 Å². The van der Waals surface area contributed by atoms with Crippen LogP contribution in [0.5, 0.6) is 0 Å². The fourth-order valence-corrected chi connectivity index (χ4v) is 4.81. The van der Waals surface area contributed by atoms with Gasteiger partial charge in [0.05, 0.1) is 7.11 Å². The molecule has 0 aliphatic carbocycles. The molecule has 172 valence electrons. The lowest BCUT2D eigenvalue weighted by atomic mass is 9.87. The van der Waals surface area contributed by atoms with Gasteiger partial charge in [0.25, 0.3) is 0 Å². The third kappa shape index (κ3) is 7.15. The van der Waals surface area contributed by atoms with Gasteiger partial charge in [0, 0.05) is 26.2 Å².